The summed E-state index contributed by atoms with van der Waals surface area (Å²) in [5.41, 5.74) is 1.05. The second-order valence-electron chi connectivity index (χ2n) is 4.63. The highest BCUT2D eigenvalue weighted by Gasteiger charge is 2.48. The molecule has 0 saturated heterocycles. The van der Waals surface area contributed by atoms with E-state index >= 15 is 0 Å². The van der Waals surface area contributed by atoms with Crippen LogP contribution in [0.2, 0.25) is 0 Å². The number of thiazole rings is 1. The normalized spacial score (nSPS) is 26.6. The van der Waals surface area contributed by atoms with Gasteiger partial charge in [0.1, 0.15) is 0 Å². The molecule has 2 saturated carbocycles. The molecular weight excluding hydrogens is 240 g/mol. The Morgan fingerprint density at radius 3 is 2.76 bits per heavy atom. The van der Waals surface area contributed by atoms with Gasteiger partial charge < -0.3 is 10.4 Å². The number of nitrogens with one attached hydrogen (secondary N) is 1. The van der Waals surface area contributed by atoms with Crippen LogP contribution in [0.25, 0.3) is 0 Å². The van der Waals surface area contributed by atoms with Crippen molar-refractivity contribution in [3.8, 4) is 0 Å². The van der Waals surface area contributed by atoms with E-state index < -0.39 is 11.9 Å². The van der Waals surface area contributed by atoms with Gasteiger partial charge in [-0.3, -0.25) is 9.59 Å². The first-order valence-corrected chi connectivity index (χ1v) is 6.52. The van der Waals surface area contributed by atoms with E-state index in [4.69, 9.17) is 5.11 Å². The lowest BCUT2D eigenvalue weighted by Crippen LogP contribution is -2.16. The summed E-state index contributed by atoms with van der Waals surface area (Å²) in [6.07, 6.45) is 2.81. The van der Waals surface area contributed by atoms with Crippen LogP contribution in [0.3, 0.4) is 0 Å². The molecule has 3 rings (SSSR count). The molecule has 0 aliphatic heterocycles. The third kappa shape index (κ3) is 2.17. The maximum atomic E-state index is 11.7. The van der Waals surface area contributed by atoms with Crippen molar-refractivity contribution in [1.29, 1.82) is 0 Å². The number of carbonyl (C=O) groups is 2. The smallest absolute Gasteiger partial charge is 0.307 e. The Bertz CT molecular complexity index is 481. The van der Waals surface area contributed by atoms with E-state index in [0.29, 0.717) is 17.5 Å². The monoisotopic (exact) mass is 252 g/mol. The first kappa shape index (κ1) is 10.7. The van der Waals surface area contributed by atoms with E-state index in [9.17, 15) is 9.59 Å². The van der Waals surface area contributed by atoms with Crippen molar-refractivity contribution in [2.75, 3.05) is 5.32 Å². The highest BCUT2D eigenvalue weighted by atomic mass is 32.1. The molecule has 1 aromatic rings. The van der Waals surface area contributed by atoms with Gasteiger partial charge in [0, 0.05) is 11.3 Å². The highest BCUT2D eigenvalue weighted by molar-refractivity contribution is 7.13. The molecular formula is C11H12N2O3S. The number of hydrogen-bond acceptors (Lipinski definition) is 4. The zero-order chi connectivity index (χ0) is 12.0. The van der Waals surface area contributed by atoms with Crippen LogP contribution in [-0.2, 0) is 9.59 Å². The summed E-state index contributed by atoms with van der Waals surface area (Å²) in [4.78, 5) is 26.6. The molecule has 0 bridgehead atoms. The number of aromatic nitrogens is 1. The summed E-state index contributed by atoms with van der Waals surface area (Å²) in [5.74, 6) is -1.40. The van der Waals surface area contributed by atoms with Crippen LogP contribution in [0.4, 0.5) is 5.13 Å². The number of amides is 1. The van der Waals surface area contributed by atoms with E-state index in [1.807, 2.05) is 5.38 Å². The Morgan fingerprint density at radius 1 is 1.41 bits per heavy atom. The van der Waals surface area contributed by atoms with E-state index in [-0.39, 0.29) is 11.8 Å². The van der Waals surface area contributed by atoms with Gasteiger partial charge in [-0.05, 0) is 19.3 Å². The van der Waals surface area contributed by atoms with Crippen molar-refractivity contribution in [2.45, 2.75) is 25.2 Å². The number of aliphatic carboxylic acids is 1. The quantitative estimate of drug-likeness (QED) is 0.854. The SMILES string of the molecule is O=C(O)[C@@H]1C[C@H]1C(=O)Nc1nc(C2CC2)cs1. The summed E-state index contributed by atoms with van der Waals surface area (Å²) >= 11 is 1.41. The number of carboxylic acid groups (broad SMARTS) is 1. The summed E-state index contributed by atoms with van der Waals surface area (Å²) in [6.45, 7) is 0. The van der Waals surface area contributed by atoms with Crippen LogP contribution < -0.4 is 5.32 Å². The van der Waals surface area contributed by atoms with Gasteiger partial charge in [-0.2, -0.15) is 0 Å². The zero-order valence-corrected chi connectivity index (χ0v) is 9.87. The predicted octanol–water partition coefficient (Wildman–Crippen LogP) is 1.68. The Morgan fingerprint density at radius 2 is 2.18 bits per heavy atom. The van der Waals surface area contributed by atoms with Crippen molar-refractivity contribution >= 4 is 28.3 Å². The van der Waals surface area contributed by atoms with Crippen molar-refractivity contribution in [3.05, 3.63) is 11.1 Å². The van der Waals surface area contributed by atoms with Crippen LogP contribution in [0.15, 0.2) is 5.38 Å². The van der Waals surface area contributed by atoms with E-state index in [2.05, 4.69) is 10.3 Å². The average molecular weight is 252 g/mol. The number of carboxylic acids is 1. The number of hydrogen-bond donors (Lipinski definition) is 2. The molecule has 2 atom stereocenters. The first-order valence-electron chi connectivity index (χ1n) is 5.64. The Kier molecular flexibility index (Phi) is 2.39. The first-order chi connectivity index (χ1) is 8.15. The second kappa shape index (κ2) is 3.80. The van der Waals surface area contributed by atoms with Gasteiger partial charge in [-0.1, -0.05) is 0 Å². The van der Waals surface area contributed by atoms with Gasteiger partial charge in [0.25, 0.3) is 0 Å². The molecule has 2 aliphatic carbocycles. The van der Waals surface area contributed by atoms with Gasteiger partial charge in [0.05, 0.1) is 17.5 Å². The van der Waals surface area contributed by atoms with Crippen LogP contribution >= 0.6 is 11.3 Å². The van der Waals surface area contributed by atoms with Gasteiger partial charge in [-0.15, -0.1) is 11.3 Å². The van der Waals surface area contributed by atoms with Crippen LogP contribution in [0, 0.1) is 11.8 Å². The molecule has 0 unspecified atom stereocenters. The molecule has 90 valence electrons. The van der Waals surface area contributed by atoms with Gasteiger partial charge in [-0.25, -0.2) is 4.98 Å². The van der Waals surface area contributed by atoms with E-state index in [1.54, 1.807) is 0 Å². The predicted molar refractivity (Wildman–Crippen MR) is 62.0 cm³/mol. The lowest BCUT2D eigenvalue weighted by Gasteiger charge is -1.98. The second-order valence-corrected chi connectivity index (χ2v) is 5.49. The van der Waals surface area contributed by atoms with E-state index in [0.717, 1.165) is 5.69 Å². The van der Waals surface area contributed by atoms with Gasteiger partial charge >= 0.3 is 5.97 Å². The summed E-state index contributed by atoms with van der Waals surface area (Å²) < 4.78 is 0. The largest absolute Gasteiger partial charge is 0.481 e. The molecule has 17 heavy (non-hydrogen) atoms. The van der Waals surface area contributed by atoms with Crippen molar-refractivity contribution in [1.82, 2.24) is 4.98 Å². The lowest BCUT2D eigenvalue weighted by molar-refractivity contribution is -0.139. The fourth-order valence-electron chi connectivity index (χ4n) is 1.87. The minimum atomic E-state index is -0.886. The molecule has 2 N–H and O–H groups in total. The Balaban J connectivity index is 1.59. The molecule has 5 nitrogen and oxygen atoms in total. The summed E-state index contributed by atoms with van der Waals surface area (Å²) in [5, 5.41) is 14.0. The molecule has 1 heterocycles. The number of carbonyl (C=O) groups excluding carboxylic acids is 1. The molecule has 0 spiro atoms. The third-order valence-electron chi connectivity index (χ3n) is 3.19. The maximum Gasteiger partial charge on any atom is 0.307 e. The topological polar surface area (TPSA) is 79.3 Å². The van der Waals surface area contributed by atoms with Gasteiger partial charge in [0.2, 0.25) is 5.91 Å². The number of rotatable bonds is 4. The molecule has 2 aliphatic rings. The van der Waals surface area contributed by atoms with Crippen LogP contribution in [-0.4, -0.2) is 22.0 Å². The van der Waals surface area contributed by atoms with Crippen molar-refractivity contribution in [3.63, 3.8) is 0 Å². The molecule has 2 fully saturated rings. The fraction of sp³-hybridized carbons (Fsp3) is 0.545. The van der Waals surface area contributed by atoms with Crippen molar-refractivity contribution < 1.29 is 14.7 Å². The fourth-order valence-corrected chi connectivity index (χ4v) is 2.66. The molecule has 0 aromatic carbocycles. The molecule has 6 heteroatoms. The maximum absolute atomic E-state index is 11.7. The standard InChI is InChI=1S/C11H12N2O3S/c14-9(6-3-7(6)10(15)16)13-11-12-8(4-17-11)5-1-2-5/h4-7H,1-3H2,(H,15,16)(H,12,13,14)/t6-,7-/m1/s1. The van der Waals surface area contributed by atoms with Crippen LogP contribution in [0.5, 0.6) is 0 Å². The Hall–Kier alpha value is -1.43. The minimum absolute atomic E-state index is 0.214. The van der Waals surface area contributed by atoms with Crippen LogP contribution in [0.1, 0.15) is 30.9 Å². The third-order valence-corrected chi connectivity index (χ3v) is 3.97. The molecule has 1 amide bonds. The zero-order valence-electron chi connectivity index (χ0n) is 9.05. The van der Waals surface area contributed by atoms with E-state index in [1.165, 1.54) is 24.2 Å². The Labute approximate surface area is 102 Å². The molecule has 0 radical (unpaired) electrons. The highest BCUT2D eigenvalue weighted by Crippen LogP contribution is 2.42. The van der Waals surface area contributed by atoms with Gasteiger partial charge in [0.15, 0.2) is 5.13 Å². The lowest BCUT2D eigenvalue weighted by atomic mass is 10.3. The van der Waals surface area contributed by atoms with Crippen molar-refractivity contribution in [2.24, 2.45) is 11.8 Å². The number of nitrogens with zero attached hydrogens (tertiary/aromatic N) is 1. The summed E-state index contributed by atoms with van der Waals surface area (Å²) in [6, 6.07) is 0. The average Bonchev–Trinajstić information content (AvgIpc) is 3.17. The molecule has 1 aromatic heterocycles. The number of anilines is 1. The summed E-state index contributed by atoms with van der Waals surface area (Å²) in [7, 11) is 0. The minimum Gasteiger partial charge on any atom is -0.481 e.